The highest BCUT2D eigenvalue weighted by molar-refractivity contribution is 9.10. The summed E-state index contributed by atoms with van der Waals surface area (Å²) in [5, 5.41) is 3.83. The number of hydrogen-bond donors (Lipinski definition) is 1. The Hall–Kier alpha value is -0.160. The minimum Gasteiger partial charge on any atom is -0.314 e. The molecule has 88 valence electrons. The summed E-state index contributed by atoms with van der Waals surface area (Å²) in [5.41, 5.74) is 0.648. The lowest BCUT2D eigenvalue weighted by molar-refractivity contribution is 0.230. The number of piperazine rings is 1. The first-order chi connectivity index (χ1) is 7.68. The monoisotopic (exact) mass is 306 g/mol. The van der Waals surface area contributed by atoms with Gasteiger partial charge in [0, 0.05) is 42.8 Å². The molecule has 0 atom stereocenters. The standard InChI is InChI=1S/C11H13BrClFN2/c12-11-8(10(14)2-1-9(11)13)7-16-5-3-15-4-6-16/h1-2,15H,3-7H2. The maximum absolute atomic E-state index is 13.7. The third kappa shape index (κ3) is 2.74. The zero-order valence-corrected chi connectivity index (χ0v) is 11.1. The smallest absolute Gasteiger partial charge is 0.128 e. The lowest BCUT2D eigenvalue weighted by atomic mass is 10.2. The molecule has 5 heteroatoms. The van der Waals surface area contributed by atoms with Crippen LogP contribution in [0.1, 0.15) is 5.56 Å². The summed E-state index contributed by atoms with van der Waals surface area (Å²) < 4.78 is 14.3. The van der Waals surface area contributed by atoms with Crippen LogP contribution in [0.2, 0.25) is 5.02 Å². The van der Waals surface area contributed by atoms with Gasteiger partial charge in [-0.25, -0.2) is 4.39 Å². The van der Waals surface area contributed by atoms with Crippen molar-refractivity contribution < 1.29 is 4.39 Å². The molecule has 1 heterocycles. The fraction of sp³-hybridized carbons (Fsp3) is 0.455. The fourth-order valence-corrected chi connectivity index (χ4v) is 2.43. The molecule has 0 spiro atoms. The molecule has 1 fully saturated rings. The summed E-state index contributed by atoms with van der Waals surface area (Å²) in [4.78, 5) is 2.22. The summed E-state index contributed by atoms with van der Waals surface area (Å²) in [7, 11) is 0. The minimum absolute atomic E-state index is 0.199. The van der Waals surface area contributed by atoms with Gasteiger partial charge in [0.2, 0.25) is 0 Å². The molecule has 1 aliphatic rings. The highest BCUT2D eigenvalue weighted by atomic mass is 79.9. The van der Waals surface area contributed by atoms with E-state index in [0.29, 0.717) is 21.6 Å². The molecule has 0 unspecified atom stereocenters. The van der Waals surface area contributed by atoms with Crippen LogP contribution in [0, 0.1) is 5.82 Å². The second kappa shape index (κ2) is 5.45. The summed E-state index contributed by atoms with van der Waals surface area (Å²) in [6, 6.07) is 2.99. The van der Waals surface area contributed by atoms with E-state index in [1.807, 2.05) is 0 Å². The van der Waals surface area contributed by atoms with E-state index in [-0.39, 0.29) is 5.82 Å². The van der Waals surface area contributed by atoms with Gasteiger partial charge < -0.3 is 5.32 Å². The van der Waals surface area contributed by atoms with Crippen LogP contribution in [0.25, 0.3) is 0 Å². The predicted octanol–water partition coefficient (Wildman–Crippen LogP) is 2.65. The summed E-state index contributed by atoms with van der Waals surface area (Å²) >= 11 is 9.30. The number of nitrogens with zero attached hydrogens (tertiary/aromatic N) is 1. The lowest BCUT2D eigenvalue weighted by Crippen LogP contribution is -2.43. The van der Waals surface area contributed by atoms with Crippen LogP contribution in [0.4, 0.5) is 4.39 Å². The Labute approximate surface area is 108 Å². The van der Waals surface area contributed by atoms with Gasteiger partial charge in [-0.1, -0.05) is 11.6 Å². The average molecular weight is 308 g/mol. The van der Waals surface area contributed by atoms with Gasteiger partial charge in [0.1, 0.15) is 5.82 Å². The quantitative estimate of drug-likeness (QED) is 0.845. The molecule has 1 aromatic rings. The van der Waals surface area contributed by atoms with Crippen molar-refractivity contribution >= 4 is 27.5 Å². The first-order valence-electron chi connectivity index (χ1n) is 5.24. The van der Waals surface area contributed by atoms with Crippen molar-refractivity contribution in [3.8, 4) is 0 Å². The zero-order valence-electron chi connectivity index (χ0n) is 8.77. The van der Waals surface area contributed by atoms with Crippen LogP contribution in [-0.4, -0.2) is 31.1 Å². The van der Waals surface area contributed by atoms with E-state index in [2.05, 4.69) is 26.1 Å². The van der Waals surface area contributed by atoms with Gasteiger partial charge in [0.05, 0.1) is 5.02 Å². The van der Waals surface area contributed by atoms with E-state index >= 15 is 0 Å². The van der Waals surface area contributed by atoms with Crippen LogP contribution >= 0.6 is 27.5 Å². The molecule has 0 amide bonds. The highest BCUT2D eigenvalue weighted by Gasteiger charge is 2.16. The second-order valence-electron chi connectivity index (χ2n) is 3.85. The van der Waals surface area contributed by atoms with E-state index in [4.69, 9.17) is 11.6 Å². The van der Waals surface area contributed by atoms with Gasteiger partial charge in [0.25, 0.3) is 0 Å². The minimum atomic E-state index is -0.199. The number of hydrogen-bond acceptors (Lipinski definition) is 2. The average Bonchev–Trinajstić information content (AvgIpc) is 2.31. The topological polar surface area (TPSA) is 15.3 Å². The molecule has 0 aromatic heterocycles. The van der Waals surface area contributed by atoms with Crippen LogP contribution in [0.5, 0.6) is 0 Å². The molecule has 0 saturated carbocycles. The molecule has 16 heavy (non-hydrogen) atoms. The molecule has 1 aliphatic heterocycles. The Balaban J connectivity index is 2.16. The Morgan fingerprint density at radius 3 is 2.75 bits per heavy atom. The molecular formula is C11H13BrClFN2. The van der Waals surface area contributed by atoms with Crippen molar-refractivity contribution in [2.24, 2.45) is 0 Å². The molecule has 1 saturated heterocycles. The van der Waals surface area contributed by atoms with Crippen LogP contribution in [0.3, 0.4) is 0 Å². The van der Waals surface area contributed by atoms with Gasteiger partial charge >= 0.3 is 0 Å². The largest absolute Gasteiger partial charge is 0.314 e. The van der Waals surface area contributed by atoms with E-state index in [1.54, 1.807) is 6.07 Å². The van der Waals surface area contributed by atoms with Gasteiger partial charge in [0.15, 0.2) is 0 Å². The van der Waals surface area contributed by atoms with Crippen molar-refractivity contribution in [2.45, 2.75) is 6.54 Å². The molecule has 0 aliphatic carbocycles. The summed E-state index contributed by atoms with van der Waals surface area (Å²) in [5.74, 6) is -0.199. The number of rotatable bonds is 2. The SMILES string of the molecule is Fc1ccc(Cl)c(Br)c1CN1CCNCC1. The van der Waals surface area contributed by atoms with E-state index in [9.17, 15) is 4.39 Å². The van der Waals surface area contributed by atoms with Crippen molar-refractivity contribution in [2.75, 3.05) is 26.2 Å². The van der Waals surface area contributed by atoms with Gasteiger partial charge in [-0.05, 0) is 28.1 Å². The van der Waals surface area contributed by atoms with Crippen molar-refractivity contribution in [1.82, 2.24) is 10.2 Å². The molecule has 0 bridgehead atoms. The van der Waals surface area contributed by atoms with E-state index in [1.165, 1.54) is 6.07 Å². The van der Waals surface area contributed by atoms with Gasteiger partial charge in [-0.15, -0.1) is 0 Å². The molecule has 1 aromatic carbocycles. The summed E-state index contributed by atoms with van der Waals surface area (Å²) in [6.45, 7) is 4.41. The Kier molecular flexibility index (Phi) is 4.19. The van der Waals surface area contributed by atoms with Crippen molar-refractivity contribution in [1.29, 1.82) is 0 Å². The molecule has 2 rings (SSSR count). The Morgan fingerprint density at radius 1 is 1.38 bits per heavy atom. The van der Waals surface area contributed by atoms with Crippen molar-refractivity contribution in [3.05, 3.63) is 33.0 Å². The molecule has 0 radical (unpaired) electrons. The van der Waals surface area contributed by atoms with E-state index in [0.717, 1.165) is 26.2 Å². The summed E-state index contributed by atoms with van der Waals surface area (Å²) in [6.07, 6.45) is 0. The van der Waals surface area contributed by atoms with Crippen molar-refractivity contribution in [3.63, 3.8) is 0 Å². The Bertz CT molecular complexity index is 380. The highest BCUT2D eigenvalue weighted by Crippen LogP contribution is 2.29. The second-order valence-corrected chi connectivity index (χ2v) is 5.05. The van der Waals surface area contributed by atoms with E-state index < -0.39 is 0 Å². The lowest BCUT2D eigenvalue weighted by Gasteiger charge is -2.27. The Morgan fingerprint density at radius 2 is 2.06 bits per heavy atom. The number of halogens is 3. The molecular weight excluding hydrogens is 294 g/mol. The molecule has 1 N–H and O–H groups in total. The van der Waals surface area contributed by atoms with Gasteiger partial charge in [-0.3, -0.25) is 4.90 Å². The zero-order chi connectivity index (χ0) is 11.5. The van der Waals surface area contributed by atoms with Gasteiger partial charge in [-0.2, -0.15) is 0 Å². The first-order valence-corrected chi connectivity index (χ1v) is 6.41. The maximum Gasteiger partial charge on any atom is 0.128 e. The van der Waals surface area contributed by atoms with Crippen LogP contribution in [0.15, 0.2) is 16.6 Å². The number of nitrogens with one attached hydrogen (secondary N) is 1. The third-order valence-electron chi connectivity index (χ3n) is 2.73. The van der Waals surface area contributed by atoms with Crippen LogP contribution in [-0.2, 0) is 6.54 Å². The van der Waals surface area contributed by atoms with Crippen LogP contribution < -0.4 is 5.32 Å². The number of benzene rings is 1. The normalized spacial score (nSPS) is 17.7. The molecule has 2 nitrogen and oxygen atoms in total. The third-order valence-corrected chi connectivity index (χ3v) is 4.18. The fourth-order valence-electron chi connectivity index (χ4n) is 1.81. The first kappa shape index (κ1) is 12.3. The predicted molar refractivity (Wildman–Crippen MR) is 67.3 cm³/mol. The maximum atomic E-state index is 13.7.